The first-order chi connectivity index (χ1) is 10.0. The average molecular weight is 312 g/mol. The first-order valence-corrected chi connectivity index (χ1v) is 8.55. The maximum atomic E-state index is 12.2. The minimum atomic E-state index is -0.526. The maximum Gasteiger partial charge on any atom is 0.287 e. The fourth-order valence-electron chi connectivity index (χ4n) is 1.75. The van der Waals surface area contributed by atoms with Gasteiger partial charge in [-0.05, 0) is 42.9 Å². The third-order valence-corrected chi connectivity index (χ3v) is 3.64. The summed E-state index contributed by atoms with van der Waals surface area (Å²) in [7, 11) is 0. The number of hydrogen-bond donors (Lipinski definition) is 2. The molecule has 118 valence electrons. The first-order valence-electron chi connectivity index (χ1n) is 7.15. The van der Waals surface area contributed by atoms with Crippen molar-refractivity contribution in [1.29, 1.82) is 0 Å². The molecule has 1 unspecified atom stereocenters. The van der Waals surface area contributed by atoms with E-state index in [4.69, 9.17) is 4.42 Å². The van der Waals surface area contributed by atoms with Gasteiger partial charge in [0.15, 0.2) is 5.76 Å². The topological polar surface area (TPSA) is 71.3 Å². The fourth-order valence-corrected chi connectivity index (χ4v) is 2.22. The van der Waals surface area contributed by atoms with E-state index in [-0.39, 0.29) is 17.6 Å². The molecule has 0 fully saturated rings. The van der Waals surface area contributed by atoms with Gasteiger partial charge in [-0.1, -0.05) is 13.8 Å². The summed E-state index contributed by atoms with van der Waals surface area (Å²) in [5.74, 6) is 1.07. The lowest BCUT2D eigenvalue weighted by molar-refractivity contribution is -0.123. The molecular formula is C15H24N2O3S. The van der Waals surface area contributed by atoms with Crippen molar-refractivity contribution in [2.75, 3.05) is 18.6 Å². The summed E-state index contributed by atoms with van der Waals surface area (Å²) in [6.45, 7) is 4.84. The Bertz CT molecular complexity index is 432. The summed E-state index contributed by atoms with van der Waals surface area (Å²) in [6.07, 6.45) is 4.94. The summed E-state index contributed by atoms with van der Waals surface area (Å²) >= 11 is 1.65. The normalized spacial score (nSPS) is 12.2. The van der Waals surface area contributed by atoms with E-state index in [1.165, 1.54) is 6.26 Å². The Morgan fingerprint density at radius 3 is 2.67 bits per heavy atom. The standard InChI is InChI=1S/C15H24N2O3S/c1-11(2)6-8-16-14(18)12(7-10-21-3)17-15(19)13-5-4-9-20-13/h4-5,9,11-12H,6-8,10H2,1-3H3,(H,16,18)(H,17,19). The SMILES string of the molecule is CSCCC(NC(=O)c1ccco1)C(=O)NCCC(C)C. The minimum absolute atomic E-state index is 0.135. The summed E-state index contributed by atoms with van der Waals surface area (Å²) < 4.78 is 5.04. The lowest BCUT2D eigenvalue weighted by Crippen LogP contribution is -2.47. The quantitative estimate of drug-likeness (QED) is 0.734. The highest BCUT2D eigenvalue weighted by atomic mass is 32.2. The van der Waals surface area contributed by atoms with Gasteiger partial charge >= 0.3 is 0 Å². The van der Waals surface area contributed by atoms with Crippen molar-refractivity contribution in [2.45, 2.75) is 32.7 Å². The van der Waals surface area contributed by atoms with E-state index in [1.807, 2.05) is 6.26 Å². The van der Waals surface area contributed by atoms with Crippen LogP contribution in [0.25, 0.3) is 0 Å². The van der Waals surface area contributed by atoms with Gasteiger partial charge in [-0.15, -0.1) is 0 Å². The zero-order valence-corrected chi connectivity index (χ0v) is 13.7. The minimum Gasteiger partial charge on any atom is -0.459 e. The third-order valence-electron chi connectivity index (χ3n) is 3.00. The van der Waals surface area contributed by atoms with Crippen LogP contribution in [0.3, 0.4) is 0 Å². The molecule has 0 radical (unpaired) electrons. The zero-order valence-electron chi connectivity index (χ0n) is 12.8. The molecule has 1 aromatic heterocycles. The molecule has 21 heavy (non-hydrogen) atoms. The van der Waals surface area contributed by atoms with Crippen LogP contribution in [0.15, 0.2) is 22.8 Å². The van der Waals surface area contributed by atoms with Crippen LogP contribution in [0.4, 0.5) is 0 Å². The second-order valence-corrected chi connectivity index (χ2v) is 6.24. The van der Waals surface area contributed by atoms with Crippen LogP contribution >= 0.6 is 11.8 Å². The van der Waals surface area contributed by atoms with Crippen molar-refractivity contribution in [2.24, 2.45) is 5.92 Å². The number of thioether (sulfide) groups is 1. The van der Waals surface area contributed by atoms with Crippen molar-refractivity contribution in [3.63, 3.8) is 0 Å². The van der Waals surface area contributed by atoms with Crippen LogP contribution in [-0.4, -0.2) is 36.4 Å². The Kier molecular flexibility index (Phi) is 7.97. The van der Waals surface area contributed by atoms with Gasteiger partial charge in [0.2, 0.25) is 5.91 Å². The molecule has 1 atom stereocenters. The van der Waals surface area contributed by atoms with Gasteiger partial charge in [-0.3, -0.25) is 9.59 Å². The van der Waals surface area contributed by atoms with Crippen molar-refractivity contribution in [3.05, 3.63) is 24.2 Å². The number of rotatable bonds is 9. The van der Waals surface area contributed by atoms with Crippen LogP contribution in [0, 0.1) is 5.92 Å². The molecule has 0 aliphatic heterocycles. The van der Waals surface area contributed by atoms with Crippen LogP contribution < -0.4 is 10.6 Å². The Morgan fingerprint density at radius 1 is 1.33 bits per heavy atom. The Morgan fingerprint density at radius 2 is 2.10 bits per heavy atom. The van der Waals surface area contributed by atoms with Crippen LogP contribution in [0.1, 0.15) is 37.2 Å². The Labute approximate surface area is 130 Å². The highest BCUT2D eigenvalue weighted by Gasteiger charge is 2.21. The summed E-state index contributed by atoms with van der Waals surface area (Å²) in [4.78, 5) is 24.1. The van der Waals surface area contributed by atoms with E-state index < -0.39 is 6.04 Å². The molecule has 0 bridgehead atoms. The molecule has 0 aliphatic rings. The summed E-state index contributed by atoms with van der Waals surface area (Å²) in [5, 5.41) is 5.61. The monoisotopic (exact) mass is 312 g/mol. The number of carbonyl (C=O) groups is 2. The molecule has 2 amide bonds. The predicted octanol–water partition coefficient (Wildman–Crippen LogP) is 2.29. The summed E-state index contributed by atoms with van der Waals surface area (Å²) in [6, 6.07) is 2.70. The van der Waals surface area contributed by atoms with E-state index >= 15 is 0 Å². The highest BCUT2D eigenvalue weighted by molar-refractivity contribution is 7.98. The van der Waals surface area contributed by atoms with E-state index in [9.17, 15) is 9.59 Å². The van der Waals surface area contributed by atoms with E-state index in [0.29, 0.717) is 18.9 Å². The molecule has 0 aliphatic carbocycles. The number of furan rings is 1. The van der Waals surface area contributed by atoms with Gasteiger partial charge in [-0.25, -0.2) is 0 Å². The molecule has 1 aromatic rings. The second kappa shape index (κ2) is 9.50. The predicted molar refractivity (Wildman–Crippen MR) is 85.4 cm³/mol. The smallest absolute Gasteiger partial charge is 0.287 e. The van der Waals surface area contributed by atoms with Crippen molar-refractivity contribution in [3.8, 4) is 0 Å². The second-order valence-electron chi connectivity index (χ2n) is 5.26. The average Bonchev–Trinajstić information content (AvgIpc) is 2.96. The molecule has 0 saturated heterocycles. The number of amides is 2. The molecule has 0 spiro atoms. The van der Waals surface area contributed by atoms with Crippen LogP contribution in [0.2, 0.25) is 0 Å². The van der Waals surface area contributed by atoms with E-state index in [0.717, 1.165) is 12.2 Å². The maximum absolute atomic E-state index is 12.2. The van der Waals surface area contributed by atoms with Gasteiger partial charge in [0.1, 0.15) is 6.04 Å². The molecule has 1 heterocycles. The molecule has 0 saturated carbocycles. The molecule has 6 heteroatoms. The lowest BCUT2D eigenvalue weighted by Gasteiger charge is -2.18. The highest BCUT2D eigenvalue weighted by Crippen LogP contribution is 2.05. The van der Waals surface area contributed by atoms with Gasteiger partial charge in [-0.2, -0.15) is 11.8 Å². The fraction of sp³-hybridized carbons (Fsp3) is 0.600. The molecule has 5 nitrogen and oxygen atoms in total. The largest absolute Gasteiger partial charge is 0.459 e. The Hall–Kier alpha value is -1.43. The molecule has 2 N–H and O–H groups in total. The van der Waals surface area contributed by atoms with Gasteiger partial charge in [0, 0.05) is 6.54 Å². The number of nitrogens with one attached hydrogen (secondary N) is 2. The third kappa shape index (κ3) is 6.71. The van der Waals surface area contributed by atoms with Crippen molar-refractivity contribution in [1.82, 2.24) is 10.6 Å². The number of hydrogen-bond acceptors (Lipinski definition) is 4. The van der Waals surface area contributed by atoms with E-state index in [1.54, 1.807) is 23.9 Å². The molecular weight excluding hydrogens is 288 g/mol. The lowest BCUT2D eigenvalue weighted by atomic mass is 10.1. The van der Waals surface area contributed by atoms with Crippen LogP contribution in [0.5, 0.6) is 0 Å². The Balaban J connectivity index is 2.53. The van der Waals surface area contributed by atoms with Crippen molar-refractivity contribution >= 4 is 23.6 Å². The van der Waals surface area contributed by atoms with E-state index in [2.05, 4.69) is 24.5 Å². The number of carbonyl (C=O) groups excluding carboxylic acids is 2. The molecule has 1 rings (SSSR count). The van der Waals surface area contributed by atoms with Gasteiger partial charge < -0.3 is 15.1 Å². The zero-order chi connectivity index (χ0) is 15.7. The molecule has 0 aromatic carbocycles. The van der Waals surface area contributed by atoms with Crippen LogP contribution in [-0.2, 0) is 4.79 Å². The summed E-state index contributed by atoms with van der Waals surface area (Å²) in [5.41, 5.74) is 0. The van der Waals surface area contributed by atoms with Gasteiger partial charge in [0.05, 0.1) is 6.26 Å². The van der Waals surface area contributed by atoms with Crippen molar-refractivity contribution < 1.29 is 14.0 Å². The van der Waals surface area contributed by atoms with Gasteiger partial charge in [0.25, 0.3) is 5.91 Å². The first kappa shape index (κ1) is 17.6.